The molecule has 0 unspecified atom stereocenters. The predicted molar refractivity (Wildman–Crippen MR) is 65.1 cm³/mol. The first kappa shape index (κ1) is 11.1. The monoisotopic (exact) mass is 283 g/mol. The highest BCUT2D eigenvalue weighted by molar-refractivity contribution is 9.10. The molecule has 0 aliphatic rings. The SMILES string of the molecule is Cc1nn(-c2cc(N)cc(F)c2)c(C)c1Br. The van der Waals surface area contributed by atoms with E-state index in [1.807, 2.05) is 13.8 Å². The smallest absolute Gasteiger partial charge is 0.127 e. The molecule has 0 fully saturated rings. The van der Waals surface area contributed by atoms with Gasteiger partial charge in [-0.05, 0) is 48.0 Å². The van der Waals surface area contributed by atoms with Gasteiger partial charge in [-0.1, -0.05) is 0 Å². The number of rotatable bonds is 1. The Morgan fingerprint density at radius 2 is 2.00 bits per heavy atom. The molecule has 0 radical (unpaired) electrons. The van der Waals surface area contributed by atoms with Crippen LogP contribution in [-0.2, 0) is 0 Å². The average molecular weight is 284 g/mol. The van der Waals surface area contributed by atoms with E-state index in [-0.39, 0.29) is 5.82 Å². The maximum atomic E-state index is 13.2. The van der Waals surface area contributed by atoms with Gasteiger partial charge >= 0.3 is 0 Å². The van der Waals surface area contributed by atoms with Crippen molar-refractivity contribution in [2.45, 2.75) is 13.8 Å². The molecule has 2 aromatic rings. The van der Waals surface area contributed by atoms with Gasteiger partial charge in [0.05, 0.1) is 21.5 Å². The molecule has 1 heterocycles. The molecular formula is C11H11BrFN3. The summed E-state index contributed by atoms with van der Waals surface area (Å²) in [6.07, 6.45) is 0. The molecular weight excluding hydrogens is 273 g/mol. The van der Waals surface area contributed by atoms with Crippen LogP contribution in [0.5, 0.6) is 0 Å². The van der Waals surface area contributed by atoms with Crippen molar-refractivity contribution in [1.82, 2.24) is 9.78 Å². The van der Waals surface area contributed by atoms with Crippen LogP contribution in [0.2, 0.25) is 0 Å². The first-order chi connectivity index (χ1) is 7.49. The second kappa shape index (κ2) is 3.90. The van der Waals surface area contributed by atoms with Gasteiger partial charge in [-0.3, -0.25) is 0 Å². The topological polar surface area (TPSA) is 43.8 Å². The standard InChI is InChI=1S/C11H11BrFN3/c1-6-11(12)7(2)16(15-6)10-4-8(13)3-9(14)5-10/h3-5H,14H2,1-2H3. The van der Waals surface area contributed by atoms with Crippen molar-refractivity contribution in [3.63, 3.8) is 0 Å². The molecule has 1 aromatic carbocycles. The van der Waals surface area contributed by atoms with E-state index >= 15 is 0 Å². The molecule has 5 heteroatoms. The Bertz CT molecular complexity index is 528. The lowest BCUT2D eigenvalue weighted by atomic mass is 10.2. The zero-order chi connectivity index (χ0) is 11.9. The maximum absolute atomic E-state index is 13.2. The first-order valence-corrected chi connectivity index (χ1v) is 5.56. The zero-order valence-corrected chi connectivity index (χ0v) is 10.5. The van der Waals surface area contributed by atoms with Crippen molar-refractivity contribution in [2.75, 3.05) is 5.73 Å². The van der Waals surface area contributed by atoms with E-state index in [0.29, 0.717) is 11.4 Å². The van der Waals surface area contributed by atoms with Crippen molar-refractivity contribution in [3.8, 4) is 5.69 Å². The highest BCUT2D eigenvalue weighted by Crippen LogP contribution is 2.24. The summed E-state index contributed by atoms with van der Waals surface area (Å²) in [5.41, 5.74) is 8.40. The van der Waals surface area contributed by atoms with E-state index in [9.17, 15) is 4.39 Å². The minimum Gasteiger partial charge on any atom is -0.399 e. The van der Waals surface area contributed by atoms with E-state index in [0.717, 1.165) is 15.9 Å². The van der Waals surface area contributed by atoms with Crippen LogP contribution in [0.4, 0.5) is 10.1 Å². The van der Waals surface area contributed by atoms with Crippen LogP contribution in [0.1, 0.15) is 11.4 Å². The summed E-state index contributed by atoms with van der Waals surface area (Å²) in [5, 5.41) is 4.31. The van der Waals surface area contributed by atoms with E-state index in [1.165, 1.54) is 12.1 Å². The van der Waals surface area contributed by atoms with Gasteiger partial charge in [0, 0.05) is 5.69 Å². The number of anilines is 1. The van der Waals surface area contributed by atoms with Crippen molar-refractivity contribution in [1.29, 1.82) is 0 Å². The number of aromatic nitrogens is 2. The lowest BCUT2D eigenvalue weighted by Gasteiger charge is -2.05. The second-order valence-electron chi connectivity index (χ2n) is 3.64. The van der Waals surface area contributed by atoms with Crippen molar-refractivity contribution in [2.24, 2.45) is 0 Å². The number of nitrogens with two attached hydrogens (primary N) is 1. The number of hydrogen-bond acceptors (Lipinski definition) is 2. The largest absolute Gasteiger partial charge is 0.399 e. The molecule has 1 aromatic heterocycles. The number of halogens is 2. The van der Waals surface area contributed by atoms with Gasteiger partial charge < -0.3 is 5.73 Å². The van der Waals surface area contributed by atoms with Gasteiger partial charge in [-0.15, -0.1) is 0 Å². The molecule has 2 rings (SSSR count). The molecule has 2 N–H and O–H groups in total. The van der Waals surface area contributed by atoms with Gasteiger partial charge in [0.15, 0.2) is 0 Å². The number of hydrogen-bond donors (Lipinski definition) is 1. The zero-order valence-electron chi connectivity index (χ0n) is 8.96. The normalized spacial score (nSPS) is 10.8. The average Bonchev–Trinajstić information content (AvgIpc) is 2.44. The Labute approximate surface area is 101 Å². The number of aryl methyl sites for hydroxylation is 1. The fourth-order valence-electron chi connectivity index (χ4n) is 1.59. The summed E-state index contributed by atoms with van der Waals surface area (Å²) in [5.74, 6) is -0.362. The van der Waals surface area contributed by atoms with E-state index in [4.69, 9.17) is 5.73 Å². The molecule has 0 amide bonds. The summed E-state index contributed by atoms with van der Waals surface area (Å²) in [4.78, 5) is 0. The number of nitrogen functional groups attached to an aromatic ring is 1. The van der Waals surface area contributed by atoms with Crippen molar-refractivity contribution >= 4 is 21.6 Å². The van der Waals surface area contributed by atoms with Gasteiger partial charge in [0.2, 0.25) is 0 Å². The van der Waals surface area contributed by atoms with Gasteiger partial charge in [0.25, 0.3) is 0 Å². The Morgan fingerprint density at radius 1 is 1.31 bits per heavy atom. The highest BCUT2D eigenvalue weighted by atomic mass is 79.9. The minimum absolute atomic E-state index is 0.362. The fourth-order valence-corrected chi connectivity index (χ4v) is 1.84. The summed E-state index contributed by atoms with van der Waals surface area (Å²) in [6, 6.07) is 4.38. The quantitative estimate of drug-likeness (QED) is 0.818. The summed E-state index contributed by atoms with van der Waals surface area (Å²) in [6.45, 7) is 3.79. The van der Waals surface area contributed by atoms with Gasteiger partial charge in [-0.2, -0.15) is 5.10 Å². The minimum atomic E-state index is -0.362. The molecule has 0 bridgehead atoms. The third kappa shape index (κ3) is 1.82. The Kier molecular flexibility index (Phi) is 2.71. The molecule has 0 aliphatic carbocycles. The Morgan fingerprint density at radius 3 is 2.50 bits per heavy atom. The molecule has 0 spiro atoms. The molecule has 84 valence electrons. The number of nitrogens with zero attached hydrogens (tertiary/aromatic N) is 2. The van der Waals surface area contributed by atoms with Crippen molar-refractivity contribution < 1.29 is 4.39 Å². The predicted octanol–water partition coefficient (Wildman–Crippen LogP) is 2.97. The van der Waals surface area contributed by atoms with Crippen LogP contribution < -0.4 is 5.73 Å². The van der Waals surface area contributed by atoms with Crippen LogP contribution in [-0.4, -0.2) is 9.78 Å². The van der Waals surface area contributed by atoms with Crippen LogP contribution in [0, 0.1) is 19.7 Å². The van der Waals surface area contributed by atoms with E-state index in [1.54, 1.807) is 10.7 Å². The van der Waals surface area contributed by atoms with Gasteiger partial charge in [0.1, 0.15) is 5.82 Å². The summed E-state index contributed by atoms with van der Waals surface area (Å²) >= 11 is 3.43. The Hall–Kier alpha value is -1.36. The fraction of sp³-hybridized carbons (Fsp3) is 0.182. The van der Waals surface area contributed by atoms with Gasteiger partial charge in [-0.25, -0.2) is 9.07 Å². The van der Waals surface area contributed by atoms with Crippen LogP contribution in [0.25, 0.3) is 5.69 Å². The lowest BCUT2D eigenvalue weighted by Crippen LogP contribution is -2.01. The van der Waals surface area contributed by atoms with Crippen LogP contribution in [0.15, 0.2) is 22.7 Å². The molecule has 16 heavy (non-hydrogen) atoms. The first-order valence-electron chi connectivity index (χ1n) is 4.77. The third-order valence-corrected chi connectivity index (χ3v) is 3.50. The summed E-state index contributed by atoms with van der Waals surface area (Å²) < 4.78 is 15.8. The molecule has 0 saturated carbocycles. The van der Waals surface area contributed by atoms with E-state index < -0.39 is 0 Å². The molecule has 3 nitrogen and oxygen atoms in total. The van der Waals surface area contributed by atoms with Crippen molar-refractivity contribution in [3.05, 3.63) is 39.9 Å². The molecule has 0 aliphatic heterocycles. The molecule has 0 atom stereocenters. The molecule has 0 saturated heterocycles. The maximum Gasteiger partial charge on any atom is 0.127 e. The second-order valence-corrected chi connectivity index (χ2v) is 4.43. The summed E-state index contributed by atoms with van der Waals surface area (Å²) in [7, 11) is 0. The van der Waals surface area contributed by atoms with E-state index in [2.05, 4.69) is 21.0 Å². The number of benzene rings is 1. The highest BCUT2D eigenvalue weighted by Gasteiger charge is 2.11. The van der Waals surface area contributed by atoms with Crippen LogP contribution in [0.3, 0.4) is 0 Å². The lowest BCUT2D eigenvalue weighted by molar-refractivity contribution is 0.625. The van der Waals surface area contributed by atoms with Crippen LogP contribution >= 0.6 is 15.9 Å². The Balaban J connectivity index is 2.62. The third-order valence-electron chi connectivity index (χ3n) is 2.35.